The highest BCUT2D eigenvalue weighted by molar-refractivity contribution is 8.00. The van der Waals surface area contributed by atoms with Gasteiger partial charge in [-0.2, -0.15) is 11.8 Å². The highest BCUT2D eigenvalue weighted by Crippen LogP contribution is 2.31. The van der Waals surface area contributed by atoms with Crippen LogP contribution in [0.2, 0.25) is 5.15 Å². The molecule has 0 radical (unpaired) electrons. The average Bonchev–Trinajstić information content (AvgIpc) is 2.27. The fraction of sp³-hybridized carbons (Fsp3) is 0.667. The lowest BCUT2D eigenvalue weighted by molar-refractivity contribution is 0.712. The molecule has 0 aromatic carbocycles. The number of hydrogen-bond donors (Lipinski definition) is 0. The van der Waals surface area contributed by atoms with Crippen molar-refractivity contribution in [2.24, 2.45) is 0 Å². The fourth-order valence-electron chi connectivity index (χ4n) is 2.31. The molecular formula is C12H18ClN3S. The first-order valence-corrected chi connectivity index (χ1v) is 7.33. The molecule has 0 saturated carbocycles. The first kappa shape index (κ1) is 13.0. The summed E-state index contributed by atoms with van der Waals surface area (Å²) in [6, 6.07) is 0. The molecule has 1 aromatic heterocycles. The Bertz CT molecular complexity index is 389. The van der Waals surface area contributed by atoms with Crippen LogP contribution in [0.3, 0.4) is 0 Å². The summed E-state index contributed by atoms with van der Waals surface area (Å²) >= 11 is 8.18. The second kappa shape index (κ2) is 5.44. The third kappa shape index (κ3) is 2.86. The third-order valence-electron chi connectivity index (χ3n) is 2.94. The minimum Gasteiger partial charge on any atom is -0.354 e. The maximum Gasteiger partial charge on any atom is 0.137 e. The first-order valence-electron chi connectivity index (χ1n) is 6.01. The number of hydrogen-bond acceptors (Lipinski definition) is 4. The van der Waals surface area contributed by atoms with Crippen molar-refractivity contribution in [3.05, 3.63) is 17.0 Å². The Morgan fingerprint density at radius 3 is 2.59 bits per heavy atom. The van der Waals surface area contributed by atoms with Gasteiger partial charge in [-0.25, -0.2) is 9.97 Å². The molecule has 2 heterocycles. The molecule has 0 N–H and O–H groups in total. The molecule has 1 aliphatic heterocycles. The summed E-state index contributed by atoms with van der Waals surface area (Å²) in [6.45, 7) is 8.70. The predicted octanol–water partition coefficient (Wildman–Crippen LogP) is 3.02. The van der Waals surface area contributed by atoms with Crippen molar-refractivity contribution in [2.75, 3.05) is 18.0 Å². The molecule has 0 aliphatic carbocycles. The van der Waals surface area contributed by atoms with E-state index in [-0.39, 0.29) is 0 Å². The molecule has 1 saturated heterocycles. The van der Waals surface area contributed by atoms with Crippen LogP contribution >= 0.6 is 23.4 Å². The maximum absolute atomic E-state index is 6.14. The lowest BCUT2D eigenvalue weighted by atomic mass is 10.2. The van der Waals surface area contributed by atoms with Crippen LogP contribution in [0.1, 0.15) is 26.3 Å². The Kier molecular flexibility index (Phi) is 4.15. The van der Waals surface area contributed by atoms with Crippen LogP contribution in [0.15, 0.2) is 6.33 Å². The molecule has 0 bridgehead atoms. The largest absolute Gasteiger partial charge is 0.354 e. The van der Waals surface area contributed by atoms with Crippen LogP contribution in [-0.2, 0) is 6.42 Å². The Balaban J connectivity index is 2.30. The van der Waals surface area contributed by atoms with Gasteiger partial charge in [0.1, 0.15) is 17.3 Å². The zero-order valence-corrected chi connectivity index (χ0v) is 12.1. The van der Waals surface area contributed by atoms with Gasteiger partial charge in [-0.3, -0.25) is 0 Å². The molecule has 5 heteroatoms. The van der Waals surface area contributed by atoms with Crippen molar-refractivity contribution in [1.29, 1.82) is 0 Å². The minimum absolute atomic E-state index is 0.594. The van der Waals surface area contributed by atoms with E-state index >= 15 is 0 Å². The molecular weight excluding hydrogens is 254 g/mol. The van der Waals surface area contributed by atoms with E-state index in [9.17, 15) is 0 Å². The van der Waals surface area contributed by atoms with Crippen LogP contribution in [0.4, 0.5) is 5.82 Å². The van der Waals surface area contributed by atoms with Gasteiger partial charge in [-0.1, -0.05) is 32.4 Å². The van der Waals surface area contributed by atoms with E-state index in [2.05, 4.69) is 35.6 Å². The van der Waals surface area contributed by atoms with Gasteiger partial charge >= 0.3 is 0 Å². The highest BCUT2D eigenvalue weighted by Gasteiger charge is 2.25. The SMILES string of the molecule is CCc1c(Cl)ncnc1N1CC(C)SC(C)C1. The lowest BCUT2D eigenvalue weighted by Crippen LogP contribution is -2.41. The molecule has 1 aliphatic rings. The third-order valence-corrected chi connectivity index (χ3v) is 4.50. The molecule has 1 aromatic rings. The molecule has 2 rings (SSSR count). The molecule has 1 fully saturated rings. The van der Waals surface area contributed by atoms with E-state index in [1.807, 2.05) is 11.8 Å². The average molecular weight is 272 g/mol. The number of anilines is 1. The van der Waals surface area contributed by atoms with Crippen LogP contribution in [0, 0.1) is 0 Å². The minimum atomic E-state index is 0.594. The van der Waals surface area contributed by atoms with Gasteiger partial charge in [0.15, 0.2) is 0 Å². The van der Waals surface area contributed by atoms with Gasteiger partial charge in [-0.05, 0) is 6.42 Å². The molecule has 2 unspecified atom stereocenters. The van der Waals surface area contributed by atoms with E-state index in [1.165, 1.54) is 0 Å². The zero-order valence-electron chi connectivity index (χ0n) is 10.5. The molecule has 3 nitrogen and oxygen atoms in total. The molecule has 0 spiro atoms. The summed E-state index contributed by atoms with van der Waals surface area (Å²) in [7, 11) is 0. The van der Waals surface area contributed by atoms with Gasteiger partial charge in [0.25, 0.3) is 0 Å². The van der Waals surface area contributed by atoms with Gasteiger partial charge in [0.2, 0.25) is 0 Å². The summed E-state index contributed by atoms with van der Waals surface area (Å²) < 4.78 is 0. The molecule has 2 atom stereocenters. The Morgan fingerprint density at radius 1 is 1.35 bits per heavy atom. The van der Waals surface area contributed by atoms with Gasteiger partial charge in [-0.15, -0.1) is 0 Å². The number of nitrogens with zero attached hydrogens (tertiary/aromatic N) is 3. The zero-order chi connectivity index (χ0) is 12.4. The van der Waals surface area contributed by atoms with E-state index in [0.717, 1.165) is 30.9 Å². The summed E-state index contributed by atoms with van der Waals surface area (Å²) in [4.78, 5) is 10.8. The van der Waals surface area contributed by atoms with Crippen molar-refractivity contribution in [3.63, 3.8) is 0 Å². The number of halogens is 1. The van der Waals surface area contributed by atoms with E-state index < -0.39 is 0 Å². The van der Waals surface area contributed by atoms with Crippen molar-refractivity contribution in [2.45, 2.75) is 37.7 Å². The Morgan fingerprint density at radius 2 is 2.00 bits per heavy atom. The van der Waals surface area contributed by atoms with Crippen LogP contribution < -0.4 is 4.90 Å². The predicted molar refractivity (Wildman–Crippen MR) is 75.1 cm³/mol. The lowest BCUT2D eigenvalue weighted by Gasteiger charge is -2.36. The second-order valence-electron chi connectivity index (χ2n) is 4.48. The van der Waals surface area contributed by atoms with E-state index in [4.69, 9.17) is 11.6 Å². The van der Waals surface area contributed by atoms with Crippen molar-refractivity contribution < 1.29 is 0 Å². The fourth-order valence-corrected chi connectivity index (χ4v) is 3.90. The van der Waals surface area contributed by atoms with Crippen molar-refractivity contribution >= 4 is 29.2 Å². The number of rotatable bonds is 2. The smallest absolute Gasteiger partial charge is 0.137 e. The van der Waals surface area contributed by atoms with E-state index in [1.54, 1.807) is 6.33 Å². The number of aromatic nitrogens is 2. The van der Waals surface area contributed by atoms with Gasteiger partial charge in [0, 0.05) is 29.2 Å². The summed E-state index contributed by atoms with van der Waals surface area (Å²) in [5.41, 5.74) is 1.07. The van der Waals surface area contributed by atoms with Gasteiger partial charge in [0.05, 0.1) is 0 Å². The normalized spacial score (nSPS) is 25.1. The summed E-state index contributed by atoms with van der Waals surface area (Å²) in [5.74, 6) is 1.02. The Hall–Kier alpha value is -0.480. The summed E-state index contributed by atoms with van der Waals surface area (Å²) in [5, 5.41) is 1.87. The van der Waals surface area contributed by atoms with Gasteiger partial charge < -0.3 is 4.90 Å². The molecule has 17 heavy (non-hydrogen) atoms. The quantitative estimate of drug-likeness (QED) is 0.774. The van der Waals surface area contributed by atoms with Crippen LogP contribution in [-0.4, -0.2) is 33.6 Å². The summed E-state index contributed by atoms with van der Waals surface area (Å²) in [6.07, 6.45) is 2.44. The first-order chi connectivity index (χ1) is 8.11. The van der Waals surface area contributed by atoms with Crippen LogP contribution in [0.25, 0.3) is 0 Å². The van der Waals surface area contributed by atoms with Crippen LogP contribution in [0.5, 0.6) is 0 Å². The van der Waals surface area contributed by atoms with Crippen molar-refractivity contribution in [3.8, 4) is 0 Å². The molecule has 0 amide bonds. The maximum atomic E-state index is 6.14. The monoisotopic (exact) mass is 271 g/mol. The van der Waals surface area contributed by atoms with Crippen molar-refractivity contribution in [1.82, 2.24) is 9.97 Å². The number of thioether (sulfide) groups is 1. The topological polar surface area (TPSA) is 29.0 Å². The Labute approximate surface area is 112 Å². The second-order valence-corrected chi connectivity index (χ2v) is 6.72. The molecule has 94 valence electrons. The standard InChI is InChI=1S/C12H18ClN3S/c1-4-10-11(13)14-7-15-12(10)16-5-8(2)17-9(3)6-16/h7-9H,4-6H2,1-3H3. The highest BCUT2D eigenvalue weighted by atomic mass is 35.5. The van der Waals surface area contributed by atoms with E-state index in [0.29, 0.717) is 15.7 Å².